The van der Waals surface area contributed by atoms with E-state index in [1.807, 2.05) is 0 Å². The molecule has 0 N–H and O–H groups in total. The third-order valence-corrected chi connectivity index (χ3v) is 3.33. The molecule has 0 saturated carbocycles. The highest BCUT2D eigenvalue weighted by Crippen LogP contribution is 2.30. The summed E-state index contributed by atoms with van der Waals surface area (Å²) in [5.74, 6) is -1.48. The first-order valence-electron chi connectivity index (χ1n) is 5.20. The van der Waals surface area contributed by atoms with Gasteiger partial charge in [-0.3, -0.25) is 14.4 Å². The summed E-state index contributed by atoms with van der Waals surface area (Å²) in [5, 5.41) is -0.742. The third-order valence-electron chi connectivity index (χ3n) is 2.05. The molecule has 6 nitrogen and oxygen atoms in total. The van der Waals surface area contributed by atoms with Gasteiger partial charge < -0.3 is 14.2 Å². The van der Waals surface area contributed by atoms with E-state index < -0.39 is 34.7 Å². The van der Waals surface area contributed by atoms with Gasteiger partial charge in [0, 0.05) is 13.8 Å². The van der Waals surface area contributed by atoms with Gasteiger partial charge in [0.1, 0.15) is 11.4 Å². The Kier molecular flexibility index (Phi) is 5.21. The average molecular weight is 274 g/mol. The molecule has 0 bridgehead atoms. The van der Waals surface area contributed by atoms with Crippen LogP contribution in [0.4, 0.5) is 0 Å². The van der Waals surface area contributed by atoms with Gasteiger partial charge in [-0.15, -0.1) is 0 Å². The second-order valence-corrected chi connectivity index (χ2v) is 4.76. The molecular formula is C11H14O6S. The van der Waals surface area contributed by atoms with E-state index in [2.05, 4.69) is 4.74 Å². The van der Waals surface area contributed by atoms with Gasteiger partial charge in [-0.1, -0.05) is 11.8 Å². The van der Waals surface area contributed by atoms with Gasteiger partial charge in [-0.2, -0.15) is 0 Å². The lowest BCUT2D eigenvalue weighted by atomic mass is 10.2. The van der Waals surface area contributed by atoms with Crippen molar-refractivity contribution in [2.45, 2.75) is 30.6 Å². The molecule has 1 aliphatic rings. The average Bonchev–Trinajstić information content (AvgIpc) is 2.28. The maximum Gasteiger partial charge on any atom is 0.323 e. The van der Waals surface area contributed by atoms with Gasteiger partial charge in [0.05, 0.1) is 7.11 Å². The van der Waals surface area contributed by atoms with E-state index in [0.717, 1.165) is 11.8 Å². The predicted molar refractivity (Wildman–Crippen MR) is 63.6 cm³/mol. The van der Waals surface area contributed by atoms with E-state index in [-0.39, 0.29) is 0 Å². The zero-order valence-electron chi connectivity index (χ0n) is 10.2. The number of rotatable bonds is 3. The van der Waals surface area contributed by atoms with Gasteiger partial charge in [-0.25, -0.2) is 0 Å². The largest absolute Gasteiger partial charge is 0.468 e. The fourth-order valence-corrected chi connectivity index (χ4v) is 2.57. The van der Waals surface area contributed by atoms with Crippen LogP contribution in [0, 0.1) is 0 Å². The first-order valence-corrected chi connectivity index (χ1v) is 6.14. The quantitative estimate of drug-likeness (QED) is 0.425. The smallest absolute Gasteiger partial charge is 0.323 e. The molecule has 0 spiro atoms. The Morgan fingerprint density at radius 3 is 2.17 bits per heavy atom. The van der Waals surface area contributed by atoms with E-state index in [1.54, 1.807) is 6.08 Å². The monoisotopic (exact) mass is 274 g/mol. The maximum atomic E-state index is 11.6. The summed E-state index contributed by atoms with van der Waals surface area (Å²) >= 11 is 1.06. The molecule has 18 heavy (non-hydrogen) atoms. The fourth-order valence-electron chi connectivity index (χ4n) is 1.40. The molecule has 3 atom stereocenters. The predicted octanol–water partition coefficient (Wildman–Crippen LogP) is 0.652. The number of ether oxygens (including phenoxy) is 3. The number of carbonyl (C=O) groups excluding carboxylic acids is 3. The lowest BCUT2D eigenvalue weighted by Gasteiger charge is -2.28. The summed E-state index contributed by atoms with van der Waals surface area (Å²) in [6.07, 6.45) is 2.37. The van der Waals surface area contributed by atoms with Gasteiger partial charge >= 0.3 is 17.9 Å². The molecule has 100 valence electrons. The minimum atomic E-state index is -0.742. The first-order chi connectivity index (χ1) is 8.43. The number of esters is 3. The third kappa shape index (κ3) is 4.06. The van der Waals surface area contributed by atoms with Gasteiger partial charge in [-0.05, 0) is 12.2 Å². The Balaban J connectivity index is 2.80. The zero-order valence-corrected chi connectivity index (χ0v) is 11.1. The molecule has 1 unspecified atom stereocenters. The summed E-state index contributed by atoms with van der Waals surface area (Å²) in [5.41, 5.74) is -0.585. The van der Waals surface area contributed by atoms with Crippen molar-refractivity contribution in [3.05, 3.63) is 12.2 Å². The van der Waals surface area contributed by atoms with E-state index in [1.165, 1.54) is 27.0 Å². The highest BCUT2D eigenvalue weighted by Gasteiger charge is 2.36. The molecule has 1 aliphatic heterocycles. The molecule has 0 radical (unpaired) electrons. The fraction of sp³-hybridized carbons (Fsp3) is 0.545. The summed E-state index contributed by atoms with van der Waals surface area (Å²) in [6, 6.07) is 0. The highest BCUT2D eigenvalue weighted by molar-refractivity contribution is 8.01. The summed E-state index contributed by atoms with van der Waals surface area (Å²) in [4.78, 5) is 33.4. The Morgan fingerprint density at radius 2 is 1.67 bits per heavy atom. The zero-order chi connectivity index (χ0) is 13.7. The first kappa shape index (κ1) is 14.6. The van der Waals surface area contributed by atoms with E-state index >= 15 is 0 Å². The molecule has 0 amide bonds. The molecule has 0 saturated heterocycles. The summed E-state index contributed by atoms with van der Waals surface area (Å²) in [6.45, 7) is 2.53. The van der Waals surface area contributed by atoms with Gasteiger partial charge in [0.25, 0.3) is 0 Å². The van der Waals surface area contributed by atoms with E-state index in [0.29, 0.717) is 0 Å². The minimum Gasteiger partial charge on any atom is -0.468 e. The highest BCUT2D eigenvalue weighted by atomic mass is 32.2. The lowest BCUT2D eigenvalue weighted by molar-refractivity contribution is -0.150. The lowest BCUT2D eigenvalue weighted by Crippen LogP contribution is -2.38. The minimum absolute atomic E-state index is 0.452. The van der Waals surface area contributed by atoms with Crippen LogP contribution in [0.3, 0.4) is 0 Å². The van der Waals surface area contributed by atoms with Crippen LogP contribution in [0.1, 0.15) is 13.8 Å². The maximum absolute atomic E-state index is 11.6. The van der Waals surface area contributed by atoms with Crippen LogP contribution in [0.2, 0.25) is 0 Å². The van der Waals surface area contributed by atoms with Crippen molar-refractivity contribution in [3.8, 4) is 0 Å². The molecular weight excluding hydrogens is 260 g/mol. The number of hydrogen-bond acceptors (Lipinski definition) is 7. The van der Waals surface area contributed by atoms with Crippen molar-refractivity contribution in [2.75, 3.05) is 7.11 Å². The van der Waals surface area contributed by atoms with Crippen molar-refractivity contribution in [3.63, 3.8) is 0 Å². The summed E-state index contributed by atoms with van der Waals surface area (Å²) < 4.78 is 14.6. The van der Waals surface area contributed by atoms with E-state index in [9.17, 15) is 14.4 Å². The Labute approximate surface area is 109 Å². The van der Waals surface area contributed by atoms with E-state index in [4.69, 9.17) is 9.47 Å². The van der Waals surface area contributed by atoms with Crippen LogP contribution in [0.5, 0.6) is 0 Å². The van der Waals surface area contributed by atoms with Crippen LogP contribution in [-0.2, 0) is 28.6 Å². The number of methoxy groups -OCH3 is 1. The molecule has 1 rings (SSSR count). The number of carbonyl (C=O) groups is 3. The van der Waals surface area contributed by atoms with Crippen molar-refractivity contribution < 1.29 is 28.6 Å². The van der Waals surface area contributed by atoms with Crippen molar-refractivity contribution >= 4 is 29.7 Å². The second-order valence-electron chi connectivity index (χ2n) is 3.52. The van der Waals surface area contributed by atoms with Gasteiger partial charge in [0.15, 0.2) is 5.44 Å². The van der Waals surface area contributed by atoms with Crippen LogP contribution < -0.4 is 0 Å². The molecule has 1 heterocycles. The van der Waals surface area contributed by atoms with Gasteiger partial charge in [0.2, 0.25) is 0 Å². The topological polar surface area (TPSA) is 78.9 Å². The molecule has 0 aliphatic carbocycles. The van der Waals surface area contributed by atoms with Crippen molar-refractivity contribution in [1.29, 1.82) is 0 Å². The Morgan fingerprint density at radius 1 is 1.06 bits per heavy atom. The molecule has 7 heteroatoms. The Hall–Kier alpha value is -1.50. The van der Waals surface area contributed by atoms with Crippen LogP contribution in [-0.4, -0.2) is 41.8 Å². The second kappa shape index (κ2) is 6.44. The van der Waals surface area contributed by atoms with Crippen molar-refractivity contribution in [1.82, 2.24) is 0 Å². The molecule has 0 aromatic carbocycles. The molecule has 0 aromatic rings. The van der Waals surface area contributed by atoms with Crippen LogP contribution >= 0.6 is 11.8 Å². The van der Waals surface area contributed by atoms with Crippen LogP contribution in [0.15, 0.2) is 12.2 Å². The van der Waals surface area contributed by atoms with Crippen LogP contribution in [0.25, 0.3) is 0 Å². The normalized spacial score (nSPS) is 26.3. The molecule has 0 fully saturated rings. The standard InChI is InChI=1S/C11H14O6S/c1-6(12)16-8-4-5-9(17-7(2)13)18-10(8)11(14)15-3/h4-5,8-10H,1-3H3/t8-,9-,10?/m0/s1. The number of hydrogen-bond donors (Lipinski definition) is 0. The SMILES string of the molecule is COC(=O)C1S[C@H](OC(C)=O)C=C[C@@H]1OC(C)=O. The molecule has 0 aromatic heterocycles. The number of thioether (sulfide) groups is 1. The van der Waals surface area contributed by atoms with Crippen molar-refractivity contribution in [2.24, 2.45) is 0 Å². The Bertz CT molecular complexity index is 378. The summed E-state index contributed by atoms with van der Waals surface area (Å²) in [7, 11) is 1.24.